The number of rotatable bonds is 5. The number of carbonyl (C=O) groups is 1. The quantitative estimate of drug-likeness (QED) is 0.914. The van der Waals surface area contributed by atoms with Crippen LogP contribution in [0.5, 0.6) is 0 Å². The first-order chi connectivity index (χ1) is 9.08. The van der Waals surface area contributed by atoms with Crippen LogP contribution < -0.4 is 5.32 Å². The van der Waals surface area contributed by atoms with Crippen molar-refractivity contribution in [2.45, 2.75) is 26.3 Å². The summed E-state index contributed by atoms with van der Waals surface area (Å²) >= 11 is 3.39. The van der Waals surface area contributed by atoms with Crippen LogP contribution in [0.15, 0.2) is 27.6 Å². The maximum Gasteiger partial charge on any atom is 0.267 e. The molecule has 1 amide bonds. The van der Waals surface area contributed by atoms with Gasteiger partial charge in [0.25, 0.3) is 5.91 Å². The van der Waals surface area contributed by atoms with Gasteiger partial charge in [0, 0.05) is 29.7 Å². The average molecular weight is 327 g/mol. The van der Waals surface area contributed by atoms with Crippen molar-refractivity contribution in [3.8, 4) is 0 Å². The van der Waals surface area contributed by atoms with Crippen molar-refractivity contribution in [1.29, 1.82) is 0 Å². The summed E-state index contributed by atoms with van der Waals surface area (Å²) in [5.74, 6) is 0.402. The number of amides is 1. The summed E-state index contributed by atoms with van der Waals surface area (Å²) in [6.45, 7) is 4.52. The van der Waals surface area contributed by atoms with Gasteiger partial charge in [-0.25, -0.2) is 0 Å². The van der Waals surface area contributed by atoms with Gasteiger partial charge in [0.15, 0.2) is 6.33 Å². The van der Waals surface area contributed by atoms with Gasteiger partial charge in [-0.1, -0.05) is 5.16 Å². The Morgan fingerprint density at radius 2 is 2.37 bits per heavy atom. The van der Waals surface area contributed by atoms with Crippen molar-refractivity contribution in [1.82, 2.24) is 20.0 Å². The van der Waals surface area contributed by atoms with Gasteiger partial charge in [-0.3, -0.25) is 4.79 Å². The summed E-state index contributed by atoms with van der Waals surface area (Å²) in [6.07, 6.45) is 3.77. The third-order valence-electron chi connectivity index (χ3n) is 2.64. The van der Waals surface area contributed by atoms with Gasteiger partial charge in [-0.05, 0) is 35.8 Å². The van der Waals surface area contributed by atoms with Gasteiger partial charge in [-0.2, -0.15) is 4.98 Å². The zero-order valence-corrected chi connectivity index (χ0v) is 12.3. The topological polar surface area (TPSA) is 73.0 Å². The minimum atomic E-state index is -0.112. The molecule has 0 saturated carbocycles. The molecule has 6 nitrogen and oxygen atoms in total. The molecule has 2 heterocycles. The molecule has 0 fully saturated rings. The number of hydrogen-bond donors (Lipinski definition) is 1. The van der Waals surface area contributed by atoms with Gasteiger partial charge in [0.2, 0.25) is 5.89 Å². The fourth-order valence-corrected chi connectivity index (χ4v) is 2.17. The van der Waals surface area contributed by atoms with Gasteiger partial charge in [0.1, 0.15) is 5.69 Å². The van der Waals surface area contributed by atoms with Crippen LogP contribution in [0.4, 0.5) is 0 Å². The van der Waals surface area contributed by atoms with E-state index in [1.54, 1.807) is 0 Å². The average Bonchev–Trinajstić information content (AvgIpc) is 2.98. The van der Waals surface area contributed by atoms with Crippen molar-refractivity contribution in [3.05, 3.63) is 34.6 Å². The Hall–Kier alpha value is -1.63. The van der Waals surface area contributed by atoms with E-state index in [9.17, 15) is 4.79 Å². The van der Waals surface area contributed by atoms with Gasteiger partial charge < -0.3 is 14.4 Å². The second kappa shape index (κ2) is 6.01. The highest BCUT2D eigenvalue weighted by Gasteiger charge is 2.14. The summed E-state index contributed by atoms with van der Waals surface area (Å²) < 4.78 is 7.68. The molecule has 0 aromatic carbocycles. The summed E-state index contributed by atoms with van der Waals surface area (Å²) in [4.78, 5) is 16.0. The second-order valence-electron chi connectivity index (χ2n) is 4.39. The molecule has 2 aromatic rings. The number of nitrogens with zero attached hydrogens (tertiary/aromatic N) is 3. The lowest BCUT2D eigenvalue weighted by molar-refractivity contribution is 0.0942. The van der Waals surface area contributed by atoms with E-state index in [0.717, 1.165) is 4.47 Å². The van der Waals surface area contributed by atoms with Crippen LogP contribution in [0.1, 0.15) is 36.3 Å². The van der Waals surface area contributed by atoms with Gasteiger partial charge in [0.05, 0.1) is 0 Å². The van der Waals surface area contributed by atoms with Crippen LogP contribution in [0.2, 0.25) is 0 Å². The van der Waals surface area contributed by atoms with Crippen molar-refractivity contribution >= 4 is 21.8 Å². The van der Waals surface area contributed by atoms with Crippen molar-refractivity contribution in [3.63, 3.8) is 0 Å². The first kappa shape index (κ1) is 13.8. The largest absolute Gasteiger partial charge is 0.350 e. The Morgan fingerprint density at radius 1 is 1.58 bits per heavy atom. The van der Waals surface area contributed by atoms with Crippen LogP contribution in [-0.2, 0) is 6.42 Å². The fraction of sp³-hybridized carbons (Fsp3) is 0.417. The molecule has 0 aliphatic heterocycles. The zero-order chi connectivity index (χ0) is 13.8. The normalized spacial score (nSPS) is 10.9. The lowest BCUT2D eigenvalue weighted by Gasteiger charge is -2.12. The molecule has 0 saturated heterocycles. The van der Waals surface area contributed by atoms with E-state index < -0.39 is 0 Å². The van der Waals surface area contributed by atoms with E-state index in [4.69, 9.17) is 4.52 Å². The highest BCUT2D eigenvalue weighted by atomic mass is 79.9. The Kier molecular flexibility index (Phi) is 4.36. The molecular formula is C12H15BrN4O2. The van der Waals surface area contributed by atoms with Gasteiger partial charge >= 0.3 is 0 Å². The molecule has 1 N–H and O–H groups in total. The molecule has 0 aliphatic carbocycles. The van der Waals surface area contributed by atoms with E-state index >= 15 is 0 Å². The first-order valence-electron chi connectivity index (χ1n) is 5.99. The third kappa shape index (κ3) is 3.44. The Morgan fingerprint density at radius 3 is 3.00 bits per heavy atom. The predicted octanol–water partition coefficient (Wildman–Crippen LogP) is 2.19. The predicted molar refractivity (Wildman–Crippen MR) is 72.9 cm³/mol. The molecular weight excluding hydrogens is 312 g/mol. The molecule has 2 rings (SSSR count). The number of aromatic nitrogens is 3. The van der Waals surface area contributed by atoms with Crippen LogP contribution in [0.3, 0.4) is 0 Å². The summed E-state index contributed by atoms with van der Waals surface area (Å²) in [6, 6.07) is 2.03. The van der Waals surface area contributed by atoms with Crippen LogP contribution in [0, 0.1) is 0 Å². The minimum Gasteiger partial charge on any atom is -0.350 e. The first-order valence-corrected chi connectivity index (χ1v) is 6.78. The number of carbonyl (C=O) groups excluding carboxylic acids is 1. The molecule has 0 aliphatic rings. The van der Waals surface area contributed by atoms with Crippen LogP contribution in [-0.4, -0.2) is 27.2 Å². The second-order valence-corrected chi connectivity index (χ2v) is 5.30. The molecule has 102 valence electrons. The summed E-state index contributed by atoms with van der Waals surface area (Å²) in [7, 11) is 0. The van der Waals surface area contributed by atoms with E-state index in [2.05, 4.69) is 31.4 Å². The number of hydrogen-bond acceptors (Lipinski definition) is 4. The third-order valence-corrected chi connectivity index (χ3v) is 3.07. The molecule has 0 spiro atoms. The SMILES string of the molecule is CC(C)n1cc(Br)cc1C(=O)NCCc1ncno1. The molecule has 19 heavy (non-hydrogen) atoms. The molecule has 2 aromatic heterocycles. The summed E-state index contributed by atoms with van der Waals surface area (Å²) in [5.41, 5.74) is 0.632. The maximum atomic E-state index is 12.1. The molecule has 0 atom stereocenters. The molecule has 7 heteroatoms. The van der Waals surface area contributed by atoms with Crippen LogP contribution >= 0.6 is 15.9 Å². The van der Waals surface area contributed by atoms with E-state index in [-0.39, 0.29) is 11.9 Å². The zero-order valence-electron chi connectivity index (χ0n) is 10.8. The van der Waals surface area contributed by atoms with Crippen molar-refractivity contribution < 1.29 is 9.32 Å². The van der Waals surface area contributed by atoms with E-state index in [0.29, 0.717) is 24.6 Å². The van der Waals surface area contributed by atoms with Crippen molar-refractivity contribution in [2.24, 2.45) is 0 Å². The summed E-state index contributed by atoms with van der Waals surface area (Å²) in [5, 5.41) is 6.35. The smallest absolute Gasteiger partial charge is 0.267 e. The maximum absolute atomic E-state index is 12.1. The molecule has 0 radical (unpaired) electrons. The lowest BCUT2D eigenvalue weighted by Crippen LogP contribution is -2.28. The van der Waals surface area contributed by atoms with Crippen LogP contribution in [0.25, 0.3) is 0 Å². The Balaban J connectivity index is 1.96. The minimum absolute atomic E-state index is 0.112. The Bertz CT molecular complexity index is 548. The van der Waals surface area contributed by atoms with E-state index in [1.807, 2.05) is 30.7 Å². The Labute approximate surface area is 119 Å². The highest BCUT2D eigenvalue weighted by Crippen LogP contribution is 2.19. The standard InChI is InChI=1S/C12H15BrN4O2/c1-8(2)17-6-9(13)5-10(17)12(18)14-4-3-11-15-7-16-19-11/h5-8H,3-4H2,1-2H3,(H,14,18). The number of nitrogens with one attached hydrogen (secondary N) is 1. The van der Waals surface area contributed by atoms with E-state index in [1.165, 1.54) is 6.33 Å². The number of halogens is 1. The fourth-order valence-electron chi connectivity index (χ4n) is 1.73. The lowest BCUT2D eigenvalue weighted by atomic mass is 10.3. The molecule has 0 unspecified atom stereocenters. The van der Waals surface area contributed by atoms with Crippen molar-refractivity contribution in [2.75, 3.05) is 6.54 Å². The molecule has 0 bridgehead atoms. The highest BCUT2D eigenvalue weighted by molar-refractivity contribution is 9.10. The van der Waals surface area contributed by atoms with Gasteiger partial charge in [-0.15, -0.1) is 0 Å². The monoisotopic (exact) mass is 326 g/mol.